The van der Waals surface area contributed by atoms with E-state index in [0.29, 0.717) is 16.9 Å². The summed E-state index contributed by atoms with van der Waals surface area (Å²) in [6.45, 7) is 0. The first-order valence-corrected chi connectivity index (χ1v) is 10.5. The Kier molecular flexibility index (Phi) is 5.88. The van der Waals surface area contributed by atoms with Gasteiger partial charge in [-0.2, -0.15) is 0 Å². The molecule has 7 heteroatoms. The molecule has 1 saturated carbocycles. The number of hydrogen-bond acceptors (Lipinski definition) is 4. The van der Waals surface area contributed by atoms with E-state index in [4.69, 9.17) is 0 Å². The summed E-state index contributed by atoms with van der Waals surface area (Å²) in [6.07, 6.45) is 7.78. The third kappa shape index (κ3) is 5.05. The Hall–Kier alpha value is -2.41. The average Bonchev–Trinajstić information content (AvgIpc) is 2.63. The van der Waals surface area contributed by atoms with E-state index in [9.17, 15) is 13.2 Å². The molecule has 0 unspecified atom stereocenters. The molecule has 2 aromatic rings. The topological polar surface area (TPSA) is 88.2 Å². The van der Waals surface area contributed by atoms with Crippen LogP contribution in [0, 0.1) is 0 Å². The molecular weight excluding hydrogens is 350 g/mol. The van der Waals surface area contributed by atoms with E-state index in [1.54, 1.807) is 48.8 Å². The maximum atomic E-state index is 12.6. The highest BCUT2D eigenvalue weighted by Crippen LogP contribution is 2.26. The molecule has 1 aliphatic rings. The lowest BCUT2D eigenvalue weighted by Crippen LogP contribution is -2.25. The van der Waals surface area contributed by atoms with Gasteiger partial charge in [0.1, 0.15) is 0 Å². The Labute approximate surface area is 154 Å². The Bertz CT molecular complexity index is 847. The number of nitrogens with one attached hydrogen (secondary N) is 2. The molecular formula is C19H23N3O3S. The van der Waals surface area contributed by atoms with Gasteiger partial charge in [0.2, 0.25) is 0 Å². The van der Waals surface area contributed by atoms with Crippen molar-refractivity contribution in [3.63, 3.8) is 0 Å². The van der Waals surface area contributed by atoms with Gasteiger partial charge in [0, 0.05) is 11.9 Å². The molecule has 1 aromatic carbocycles. The average molecular weight is 373 g/mol. The zero-order valence-corrected chi connectivity index (χ0v) is 15.3. The van der Waals surface area contributed by atoms with Gasteiger partial charge in [-0.1, -0.05) is 31.4 Å². The van der Waals surface area contributed by atoms with Crippen molar-refractivity contribution in [1.29, 1.82) is 0 Å². The van der Waals surface area contributed by atoms with Crippen molar-refractivity contribution in [2.24, 2.45) is 0 Å². The van der Waals surface area contributed by atoms with Crippen molar-refractivity contribution in [1.82, 2.24) is 4.98 Å². The van der Waals surface area contributed by atoms with Crippen LogP contribution in [-0.2, 0) is 15.6 Å². The van der Waals surface area contributed by atoms with Crippen LogP contribution < -0.4 is 10.6 Å². The minimum Gasteiger partial charge on any atom is -0.308 e. The monoisotopic (exact) mass is 373 g/mol. The molecule has 138 valence electrons. The van der Waals surface area contributed by atoms with E-state index < -0.39 is 15.9 Å². The van der Waals surface area contributed by atoms with Crippen LogP contribution in [0.3, 0.4) is 0 Å². The molecule has 0 aliphatic heterocycles. The first kappa shape index (κ1) is 18.4. The van der Waals surface area contributed by atoms with E-state index >= 15 is 0 Å². The molecule has 26 heavy (non-hydrogen) atoms. The van der Waals surface area contributed by atoms with Gasteiger partial charge in [-0.25, -0.2) is 13.2 Å². The van der Waals surface area contributed by atoms with Crippen LogP contribution in [0.1, 0.15) is 37.7 Å². The van der Waals surface area contributed by atoms with E-state index in [1.165, 1.54) is 0 Å². The molecule has 2 amide bonds. The molecule has 1 aromatic heterocycles. The summed E-state index contributed by atoms with van der Waals surface area (Å²) < 4.78 is 25.2. The second-order valence-electron chi connectivity index (χ2n) is 6.59. The highest BCUT2D eigenvalue weighted by atomic mass is 32.2. The van der Waals surface area contributed by atoms with Gasteiger partial charge in [-0.15, -0.1) is 0 Å². The second-order valence-corrected chi connectivity index (χ2v) is 8.87. The van der Waals surface area contributed by atoms with Gasteiger partial charge in [0.15, 0.2) is 9.84 Å². The highest BCUT2D eigenvalue weighted by molar-refractivity contribution is 7.91. The maximum Gasteiger partial charge on any atom is 0.323 e. The van der Waals surface area contributed by atoms with Gasteiger partial charge in [0.25, 0.3) is 0 Å². The fourth-order valence-electron chi connectivity index (χ4n) is 3.24. The summed E-state index contributed by atoms with van der Waals surface area (Å²) in [5.41, 5.74) is 1.83. The van der Waals surface area contributed by atoms with E-state index in [-0.39, 0.29) is 11.0 Å². The molecule has 1 heterocycles. The Balaban J connectivity index is 1.63. The standard InChI is InChI=1S/C19H23N3O3S/c23-19(22-17-8-5-11-20-13-17)21-16-7-4-6-15(12-16)14-26(24,25)18-9-2-1-3-10-18/h4-8,11-13,18H,1-3,9-10,14H2,(H2,21,22,23). The summed E-state index contributed by atoms with van der Waals surface area (Å²) in [6, 6.07) is 10.1. The fraction of sp³-hybridized carbons (Fsp3) is 0.368. The number of carbonyl (C=O) groups excluding carboxylic acids is 1. The van der Waals surface area contributed by atoms with Crippen molar-refractivity contribution >= 4 is 27.2 Å². The smallest absolute Gasteiger partial charge is 0.308 e. The maximum absolute atomic E-state index is 12.6. The minimum atomic E-state index is -3.17. The largest absolute Gasteiger partial charge is 0.323 e. The predicted molar refractivity (Wildman–Crippen MR) is 103 cm³/mol. The lowest BCUT2D eigenvalue weighted by molar-refractivity contribution is 0.262. The number of hydrogen-bond donors (Lipinski definition) is 2. The number of urea groups is 1. The Morgan fingerprint density at radius 1 is 1.04 bits per heavy atom. The molecule has 0 saturated heterocycles. The zero-order valence-electron chi connectivity index (χ0n) is 14.5. The molecule has 0 atom stereocenters. The second kappa shape index (κ2) is 8.31. The summed E-state index contributed by atoms with van der Waals surface area (Å²) in [4.78, 5) is 16.0. The molecule has 6 nitrogen and oxygen atoms in total. The number of carbonyl (C=O) groups is 1. The van der Waals surface area contributed by atoms with Crippen LogP contribution in [0.4, 0.5) is 16.2 Å². The molecule has 1 aliphatic carbocycles. The van der Waals surface area contributed by atoms with E-state index in [0.717, 1.165) is 32.1 Å². The molecule has 2 N–H and O–H groups in total. The van der Waals surface area contributed by atoms with Crippen molar-refractivity contribution in [2.75, 3.05) is 10.6 Å². The van der Waals surface area contributed by atoms with Gasteiger partial charge in [-0.05, 0) is 42.7 Å². The number of pyridine rings is 1. The van der Waals surface area contributed by atoms with Gasteiger partial charge >= 0.3 is 6.03 Å². The van der Waals surface area contributed by atoms with Crippen LogP contribution in [0.2, 0.25) is 0 Å². The van der Waals surface area contributed by atoms with Crippen LogP contribution in [0.15, 0.2) is 48.8 Å². The van der Waals surface area contributed by atoms with Gasteiger partial charge in [0.05, 0.1) is 22.9 Å². The molecule has 0 bridgehead atoms. The molecule has 0 spiro atoms. The first-order chi connectivity index (χ1) is 12.5. The van der Waals surface area contributed by atoms with Crippen LogP contribution >= 0.6 is 0 Å². The first-order valence-electron chi connectivity index (χ1n) is 8.81. The van der Waals surface area contributed by atoms with Crippen molar-refractivity contribution < 1.29 is 13.2 Å². The minimum absolute atomic E-state index is 0.0113. The summed E-state index contributed by atoms with van der Waals surface area (Å²) in [5, 5.41) is 5.17. The number of anilines is 2. The van der Waals surface area contributed by atoms with Crippen molar-refractivity contribution in [2.45, 2.75) is 43.1 Å². The molecule has 0 radical (unpaired) electrons. The number of sulfone groups is 1. The van der Waals surface area contributed by atoms with Crippen LogP contribution in [0.5, 0.6) is 0 Å². The Morgan fingerprint density at radius 3 is 2.50 bits per heavy atom. The zero-order chi connectivity index (χ0) is 18.4. The number of nitrogens with zero attached hydrogens (tertiary/aromatic N) is 1. The van der Waals surface area contributed by atoms with E-state index in [1.807, 2.05) is 0 Å². The lowest BCUT2D eigenvalue weighted by Gasteiger charge is -2.21. The van der Waals surface area contributed by atoms with Crippen LogP contribution in [0.25, 0.3) is 0 Å². The number of aromatic nitrogens is 1. The molecule has 3 rings (SSSR count). The Morgan fingerprint density at radius 2 is 1.77 bits per heavy atom. The van der Waals surface area contributed by atoms with Crippen molar-refractivity contribution in [3.05, 3.63) is 54.4 Å². The lowest BCUT2D eigenvalue weighted by atomic mass is 10.0. The van der Waals surface area contributed by atoms with E-state index in [2.05, 4.69) is 15.6 Å². The SMILES string of the molecule is O=C(Nc1cccnc1)Nc1cccc(CS(=O)(=O)C2CCCCC2)c1. The number of amides is 2. The van der Waals surface area contributed by atoms with Crippen LogP contribution in [-0.4, -0.2) is 24.7 Å². The predicted octanol–water partition coefficient (Wildman–Crippen LogP) is 3.97. The third-order valence-corrected chi connectivity index (χ3v) is 6.76. The number of benzene rings is 1. The highest BCUT2D eigenvalue weighted by Gasteiger charge is 2.27. The number of rotatable bonds is 5. The summed E-state index contributed by atoms with van der Waals surface area (Å²) >= 11 is 0. The fourth-order valence-corrected chi connectivity index (χ4v) is 5.17. The molecule has 1 fully saturated rings. The van der Waals surface area contributed by atoms with Gasteiger partial charge in [-0.3, -0.25) is 4.98 Å². The van der Waals surface area contributed by atoms with Crippen molar-refractivity contribution in [3.8, 4) is 0 Å². The summed E-state index contributed by atoms with van der Waals surface area (Å²) in [5.74, 6) is 0.0113. The summed E-state index contributed by atoms with van der Waals surface area (Å²) in [7, 11) is -3.17. The quantitative estimate of drug-likeness (QED) is 0.830. The van der Waals surface area contributed by atoms with Gasteiger partial charge < -0.3 is 10.6 Å². The normalized spacial score (nSPS) is 15.4. The third-order valence-electron chi connectivity index (χ3n) is 4.53.